The van der Waals surface area contributed by atoms with Crippen molar-refractivity contribution < 1.29 is 14.0 Å². The third-order valence-corrected chi connectivity index (χ3v) is 4.35. The Bertz CT molecular complexity index is 584. The molecular formula is C17H21FN2O2. The van der Waals surface area contributed by atoms with Gasteiger partial charge in [0.1, 0.15) is 5.82 Å². The van der Waals surface area contributed by atoms with Crippen molar-refractivity contribution in [2.24, 2.45) is 5.92 Å². The fraction of sp³-hybridized carbons (Fsp3) is 0.529. The molecule has 1 saturated carbocycles. The molecule has 1 fully saturated rings. The van der Waals surface area contributed by atoms with Crippen molar-refractivity contribution in [2.45, 2.75) is 44.6 Å². The maximum absolute atomic E-state index is 13.3. The lowest BCUT2D eigenvalue weighted by molar-refractivity contribution is -0.123. The Hall–Kier alpha value is -1.91. The van der Waals surface area contributed by atoms with Gasteiger partial charge in [-0.1, -0.05) is 6.07 Å². The average Bonchev–Trinajstić information content (AvgIpc) is 3.28. The summed E-state index contributed by atoms with van der Waals surface area (Å²) in [6, 6.07) is 4.69. The molecule has 0 aliphatic heterocycles. The summed E-state index contributed by atoms with van der Waals surface area (Å²) < 4.78 is 13.3. The molecule has 1 atom stereocenters. The number of nitrogens with one attached hydrogen (secondary N) is 2. The molecule has 2 N–H and O–H groups in total. The van der Waals surface area contributed by atoms with Gasteiger partial charge in [-0.2, -0.15) is 0 Å². The number of hydrogen-bond donors (Lipinski definition) is 2. The minimum Gasteiger partial charge on any atom is -0.356 e. The zero-order valence-electron chi connectivity index (χ0n) is 12.5. The van der Waals surface area contributed by atoms with E-state index in [0.717, 1.165) is 36.8 Å². The van der Waals surface area contributed by atoms with Crippen LogP contribution in [0.5, 0.6) is 0 Å². The molecule has 0 heterocycles. The molecule has 3 rings (SSSR count). The lowest BCUT2D eigenvalue weighted by Gasteiger charge is -2.14. The molecule has 2 aliphatic carbocycles. The molecule has 22 heavy (non-hydrogen) atoms. The average molecular weight is 304 g/mol. The third kappa shape index (κ3) is 3.64. The Morgan fingerprint density at radius 3 is 2.82 bits per heavy atom. The number of hydrogen-bond acceptors (Lipinski definition) is 2. The zero-order valence-corrected chi connectivity index (χ0v) is 12.5. The van der Waals surface area contributed by atoms with Crippen LogP contribution in [-0.4, -0.2) is 18.4 Å². The maximum Gasteiger partial charge on any atom is 0.223 e. The van der Waals surface area contributed by atoms with Crippen molar-refractivity contribution in [3.63, 3.8) is 0 Å². The molecule has 0 saturated heterocycles. The van der Waals surface area contributed by atoms with Crippen molar-refractivity contribution in [1.82, 2.24) is 10.6 Å². The van der Waals surface area contributed by atoms with Gasteiger partial charge in [-0.15, -0.1) is 0 Å². The van der Waals surface area contributed by atoms with Crippen molar-refractivity contribution in [2.75, 3.05) is 6.54 Å². The topological polar surface area (TPSA) is 58.2 Å². The summed E-state index contributed by atoms with van der Waals surface area (Å²) in [6.07, 6.45) is 4.69. The van der Waals surface area contributed by atoms with Crippen LogP contribution >= 0.6 is 0 Å². The number of benzene rings is 1. The molecule has 0 spiro atoms. The molecule has 118 valence electrons. The SMILES string of the molecule is O=C(CCCNC(=O)C1CC1)NC1CCc2ccc(F)cc21. The highest BCUT2D eigenvalue weighted by atomic mass is 19.1. The Kier molecular flexibility index (Phi) is 4.41. The molecule has 0 bridgehead atoms. The smallest absolute Gasteiger partial charge is 0.223 e. The number of aryl methyl sites for hydroxylation is 1. The first kappa shape index (κ1) is 15.0. The van der Waals surface area contributed by atoms with Gasteiger partial charge in [0, 0.05) is 18.9 Å². The van der Waals surface area contributed by atoms with Crippen LogP contribution in [0.25, 0.3) is 0 Å². The number of halogens is 1. The summed E-state index contributed by atoms with van der Waals surface area (Å²) >= 11 is 0. The van der Waals surface area contributed by atoms with E-state index >= 15 is 0 Å². The normalized spacial score (nSPS) is 19.6. The van der Waals surface area contributed by atoms with Gasteiger partial charge in [0.05, 0.1) is 6.04 Å². The van der Waals surface area contributed by atoms with Crippen molar-refractivity contribution in [1.29, 1.82) is 0 Å². The number of fused-ring (bicyclic) bond motifs is 1. The summed E-state index contributed by atoms with van der Waals surface area (Å²) in [5, 5.41) is 5.82. The zero-order chi connectivity index (χ0) is 15.5. The van der Waals surface area contributed by atoms with Crippen LogP contribution in [0.1, 0.15) is 49.3 Å². The molecule has 0 radical (unpaired) electrons. The van der Waals surface area contributed by atoms with E-state index in [4.69, 9.17) is 0 Å². The van der Waals surface area contributed by atoms with E-state index in [1.165, 1.54) is 12.1 Å². The summed E-state index contributed by atoms with van der Waals surface area (Å²) in [5.41, 5.74) is 2.01. The molecule has 5 heteroatoms. The lowest BCUT2D eigenvalue weighted by atomic mass is 10.1. The first-order valence-electron chi connectivity index (χ1n) is 7.99. The Labute approximate surface area is 129 Å². The fourth-order valence-electron chi connectivity index (χ4n) is 2.94. The second kappa shape index (κ2) is 6.46. The third-order valence-electron chi connectivity index (χ3n) is 4.35. The van der Waals surface area contributed by atoms with E-state index in [2.05, 4.69) is 10.6 Å². The van der Waals surface area contributed by atoms with Crippen LogP contribution in [0.2, 0.25) is 0 Å². The predicted molar refractivity (Wildman–Crippen MR) is 80.6 cm³/mol. The van der Waals surface area contributed by atoms with Gasteiger partial charge in [-0.3, -0.25) is 9.59 Å². The van der Waals surface area contributed by atoms with Gasteiger partial charge in [-0.25, -0.2) is 4.39 Å². The van der Waals surface area contributed by atoms with Crippen LogP contribution < -0.4 is 10.6 Å². The van der Waals surface area contributed by atoms with Gasteiger partial charge in [0.15, 0.2) is 0 Å². The Morgan fingerprint density at radius 1 is 1.23 bits per heavy atom. The monoisotopic (exact) mass is 304 g/mol. The van der Waals surface area contributed by atoms with E-state index in [1.54, 1.807) is 6.07 Å². The Morgan fingerprint density at radius 2 is 2.05 bits per heavy atom. The highest BCUT2D eigenvalue weighted by molar-refractivity contribution is 5.81. The molecule has 2 amide bonds. The van der Waals surface area contributed by atoms with Crippen molar-refractivity contribution in [3.05, 3.63) is 35.1 Å². The van der Waals surface area contributed by atoms with Crippen molar-refractivity contribution >= 4 is 11.8 Å². The summed E-state index contributed by atoms with van der Waals surface area (Å²) in [5.74, 6) is 0.0183. The second-order valence-electron chi connectivity index (χ2n) is 6.17. The molecule has 1 unspecified atom stereocenters. The van der Waals surface area contributed by atoms with Crippen LogP contribution in [0.4, 0.5) is 4.39 Å². The number of carbonyl (C=O) groups excluding carboxylic acids is 2. The van der Waals surface area contributed by atoms with E-state index in [1.807, 2.05) is 0 Å². The minimum absolute atomic E-state index is 0.0391. The van der Waals surface area contributed by atoms with E-state index in [9.17, 15) is 14.0 Å². The summed E-state index contributed by atoms with van der Waals surface area (Å²) in [7, 11) is 0. The minimum atomic E-state index is -0.261. The maximum atomic E-state index is 13.3. The molecule has 4 nitrogen and oxygen atoms in total. The first-order valence-corrected chi connectivity index (χ1v) is 7.99. The van der Waals surface area contributed by atoms with Crippen LogP contribution in [0, 0.1) is 11.7 Å². The molecule has 1 aromatic rings. The van der Waals surface area contributed by atoms with Crippen LogP contribution in [-0.2, 0) is 16.0 Å². The highest BCUT2D eigenvalue weighted by Gasteiger charge is 2.29. The predicted octanol–water partition coefficient (Wildman–Crippen LogP) is 2.24. The Balaban J connectivity index is 1.41. The molecule has 1 aromatic carbocycles. The number of carbonyl (C=O) groups is 2. The summed E-state index contributed by atoms with van der Waals surface area (Å²) in [6.45, 7) is 0.540. The van der Waals surface area contributed by atoms with Crippen LogP contribution in [0.15, 0.2) is 18.2 Å². The standard InChI is InChI=1S/C17H21FN2O2/c18-13-7-5-11-6-8-15(14(11)10-13)20-16(21)2-1-9-19-17(22)12-3-4-12/h5,7,10,12,15H,1-4,6,8-9H2,(H,19,22)(H,20,21). The van der Waals surface area contributed by atoms with Gasteiger partial charge in [-0.05, 0) is 55.4 Å². The number of amides is 2. The fourth-order valence-corrected chi connectivity index (χ4v) is 2.94. The molecular weight excluding hydrogens is 283 g/mol. The molecule has 0 aromatic heterocycles. The quantitative estimate of drug-likeness (QED) is 0.792. The van der Waals surface area contributed by atoms with Gasteiger partial charge in [0.2, 0.25) is 11.8 Å². The second-order valence-corrected chi connectivity index (χ2v) is 6.17. The van der Waals surface area contributed by atoms with Crippen molar-refractivity contribution in [3.8, 4) is 0 Å². The van der Waals surface area contributed by atoms with E-state index in [0.29, 0.717) is 19.4 Å². The first-order chi connectivity index (χ1) is 10.6. The van der Waals surface area contributed by atoms with Gasteiger partial charge in [0.25, 0.3) is 0 Å². The highest BCUT2D eigenvalue weighted by Crippen LogP contribution is 2.31. The number of rotatable bonds is 6. The molecule has 2 aliphatic rings. The largest absolute Gasteiger partial charge is 0.356 e. The van der Waals surface area contributed by atoms with Gasteiger partial charge >= 0.3 is 0 Å². The van der Waals surface area contributed by atoms with E-state index < -0.39 is 0 Å². The van der Waals surface area contributed by atoms with Crippen LogP contribution in [0.3, 0.4) is 0 Å². The van der Waals surface area contributed by atoms with Gasteiger partial charge < -0.3 is 10.6 Å². The van der Waals surface area contributed by atoms with E-state index in [-0.39, 0.29) is 29.6 Å². The lowest BCUT2D eigenvalue weighted by Crippen LogP contribution is -2.29. The summed E-state index contributed by atoms with van der Waals surface area (Å²) in [4.78, 5) is 23.4.